The van der Waals surface area contributed by atoms with E-state index in [-0.39, 0.29) is 6.42 Å². The first-order valence-corrected chi connectivity index (χ1v) is 6.11. The zero-order chi connectivity index (χ0) is 14.0. The SMILES string of the molecule is COc1cc2c(cc1OC)C(C)(CC(=O)O)OCC2. The van der Waals surface area contributed by atoms with Gasteiger partial charge in [0.1, 0.15) is 5.60 Å². The molecule has 0 amide bonds. The molecule has 1 aromatic carbocycles. The molecule has 1 unspecified atom stereocenters. The summed E-state index contributed by atoms with van der Waals surface area (Å²) in [7, 11) is 3.14. The molecule has 0 aromatic heterocycles. The first kappa shape index (κ1) is 13.7. The van der Waals surface area contributed by atoms with Gasteiger partial charge < -0.3 is 19.3 Å². The van der Waals surface area contributed by atoms with E-state index in [0.29, 0.717) is 18.1 Å². The highest BCUT2D eigenvalue weighted by molar-refractivity contribution is 5.69. The van der Waals surface area contributed by atoms with E-state index in [1.54, 1.807) is 21.1 Å². The van der Waals surface area contributed by atoms with Gasteiger partial charge in [-0.05, 0) is 36.6 Å². The molecule has 0 aliphatic carbocycles. The number of benzene rings is 1. The molecule has 1 aliphatic heterocycles. The summed E-state index contributed by atoms with van der Waals surface area (Å²) < 4.78 is 16.2. The maximum Gasteiger partial charge on any atom is 0.306 e. The van der Waals surface area contributed by atoms with Gasteiger partial charge in [0, 0.05) is 0 Å². The van der Waals surface area contributed by atoms with E-state index >= 15 is 0 Å². The number of carboxylic acid groups (broad SMARTS) is 1. The predicted molar refractivity (Wildman–Crippen MR) is 68.8 cm³/mol. The largest absolute Gasteiger partial charge is 0.493 e. The van der Waals surface area contributed by atoms with Crippen molar-refractivity contribution in [2.45, 2.75) is 25.4 Å². The Morgan fingerprint density at radius 2 is 2.00 bits per heavy atom. The second kappa shape index (κ2) is 5.09. The van der Waals surface area contributed by atoms with Crippen molar-refractivity contribution in [2.24, 2.45) is 0 Å². The van der Waals surface area contributed by atoms with Crippen molar-refractivity contribution < 1.29 is 24.1 Å². The lowest BCUT2D eigenvalue weighted by molar-refractivity contribution is -0.146. The summed E-state index contributed by atoms with van der Waals surface area (Å²) in [6.07, 6.45) is 0.667. The van der Waals surface area contributed by atoms with Gasteiger partial charge in [0.05, 0.1) is 27.2 Å². The molecule has 19 heavy (non-hydrogen) atoms. The van der Waals surface area contributed by atoms with Gasteiger partial charge in [-0.25, -0.2) is 0 Å². The van der Waals surface area contributed by atoms with Crippen LogP contribution in [0.25, 0.3) is 0 Å². The average Bonchev–Trinajstić information content (AvgIpc) is 2.36. The minimum absolute atomic E-state index is 0.0739. The van der Waals surface area contributed by atoms with Crippen LogP contribution in [-0.4, -0.2) is 31.9 Å². The Balaban J connectivity index is 2.51. The number of hydrogen-bond donors (Lipinski definition) is 1. The van der Waals surface area contributed by atoms with Crippen LogP contribution in [0.3, 0.4) is 0 Å². The van der Waals surface area contributed by atoms with Gasteiger partial charge in [-0.2, -0.15) is 0 Å². The van der Waals surface area contributed by atoms with E-state index < -0.39 is 11.6 Å². The van der Waals surface area contributed by atoms with E-state index in [2.05, 4.69) is 0 Å². The molecule has 0 bridgehead atoms. The lowest BCUT2D eigenvalue weighted by atomic mass is 9.85. The summed E-state index contributed by atoms with van der Waals surface area (Å²) in [5.41, 5.74) is 1.09. The average molecular weight is 266 g/mol. The van der Waals surface area contributed by atoms with Crippen LogP contribution in [0.1, 0.15) is 24.5 Å². The first-order chi connectivity index (χ1) is 9.00. The fourth-order valence-corrected chi connectivity index (χ4v) is 2.52. The predicted octanol–water partition coefficient (Wildman–Crippen LogP) is 1.97. The normalized spacial score (nSPS) is 21.6. The van der Waals surface area contributed by atoms with Crippen molar-refractivity contribution in [3.63, 3.8) is 0 Å². The highest BCUT2D eigenvalue weighted by atomic mass is 16.5. The van der Waals surface area contributed by atoms with Crippen molar-refractivity contribution in [3.05, 3.63) is 23.3 Å². The molecule has 0 spiro atoms. The van der Waals surface area contributed by atoms with E-state index in [1.807, 2.05) is 12.1 Å². The van der Waals surface area contributed by atoms with Crippen LogP contribution in [0.4, 0.5) is 0 Å². The van der Waals surface area contributed by atoms with E-state index in [1.165, 1.54) is 0 Å². The Morgan fingerprint density at radius 1 is 1.37 bits per heavy atom. The van der Waals surface area contributed by atoms with Crippen molar-refractivity contribution in [2.75, 3.05) is 20.8 Å². The minimum atomic E-state index is -0.884. The second-order valence-electron chi connectivity index (χ2n) is 4.76. The smallest absolute Gasteiger partial charge is 0.306 e. The van der Waals surface area contributed by atoms with Crippen LogP contribution < -0.4 is 9.47 Å². The van der Waals surface area contributed by atoms with E-state index in [0.717, 1.165) is 17.5 Å². The van der Waals surface area contributed by atoms with Gasteiger partial charge >= 0.3 is 5.97 Å². The number of fused-ring (bicyclic) bond motifs is 1. The van der Waals surface area contributed by atoms with Crippen LogP contribution in [0.2, 0.25) is 0 Å². The molecule has 5 heteroatoms. The molecule has 1 atom stereocenters. The lowest BCUT2D eigenvalue weighted by Crippen LogP contribution is -2.35. The van der Waals surface area contributed by atoms with Crippen molar-refractivity contribution in [1.82, 2.24) is 0 Å². The lowest BCUT2D eigenvalue weighted by Gasteiger charge is -2.35. The van der Waals surface area contributed by atoms with Crippen LogP contribution in [0.5, 0.6) is 11.5 Å². The molecule has 1 aliphatic rings. The van der Waals surface area contributed by atoms with Crippen LogP contribution >= 0.6 is 0 Å². The van der Waals surface area contributed by atoms with Crippen molar-refractivity contribution in [1.29, 1.82) is 0 Å². The van der Waals surface area contributed by atoms with Gasteiger partial charge in [0.25, 0.3) is 0 Å². The molecule has 0 fully saturated rings. The van der Waals surface area contributed by atoms with Gasteiger partial charge in [-0.15, -0.1) is 0 Å². The van der Waals surface area contributed by atoms with Crippen molar-refractivity contribution in [3.8, 4) is 11.5 Å². The van der Waals surface area contributed by atoms with Gasteiger partial charge in [0.2, 0.25) is 0 Å². The highest BCUT2D eigenvalue weighted by Gasteiger charge is 2.36. The maximum absolute atomic E-state index is 11.0. The number of rotatable bonds is 4. The molecule has 104 valence electrons. The molecular formula is C14H18O5. The summed E-state index contributed by atoms with van der Waals surface area (Å²) in [4.78, 5) is 11.0. The zero-order valence-corrected chi connectivity index (χ0v) is 11.4. The zero-order valence-electron chi connectivity index (χ0n) is 11.4. The van der Waals surface area contributed by atoms with Gasteiger partial charge in [-0.3, -0.25) is 4.79 Å². The van der Waals surface area contributed by atoms with Gasteiger partial charge in [-0.1, -0.05) is 0 Å². The number of methoxy groups -OCH3 is 2. The third-order valence-corrected chi connectivity index (χ3v) is 3.46. The summed E-state index contributed by atoms with van der Waals surface area (Å²) in [5, 5.41) is 9.05. The van der Waals surface area contributed by atoms with Crippen molar-refractivity contribution >= 4 is 5.97 Å². The second-order valence-corrected chi connectivity index (χ2v) is 4.76. The molecule has 0 saturated heterocycles. The summed E-state index contributed by atoms with van der Waals surface area (Å²) in [5.74, 6) is 0.356. The van der Waals surface area contributed by atoms with Crippen LogP contribution in [0.15, 0.2) is 12.1 Å². The topological polar surface area (TPSA) is 65.0 Å². The number of hydrogen-bond acceptors (Lipinski definition) is 4. The maximum atomic E-state index is 11.0. The monoisotopic (exact) mass is 266 g/mol. The standard InChI is InChI=1S/C14H18O5/c1-14(8-13(15)16)10-7-12(18-3)11(17-2)6-9(10)4-5-19-14/h6-7H,4-5,8H2,1-3H3,(H,15,16). The molecule has 5 nitrogen and oxygen atoms in total. The minimum Gasteiger partial charge on any atom is -0.493 e. The molecule has 0 saturated carbocycles. The van der Waals surface area contributed by atoms with E-state index in [4.69, 9.17) is 19.3 Å². The Hall–Kier alpha value is -1.75. The number of ether oxygens (including phenoxy) is 3. The molecular weight excluding hydrogens is 248 g/mol. The molecule has 2 rings (SSSR count). The Bertz CT molecular complexity index is 497. The number of carboxylic acids is 1. The molecule has 1 heterocycles. The van der Waals surface area contributed by atoms with Crippen LogP contribution in [0, 0.1) is 0 Å². The summed E-state index contributed by atoms with van der Waals surface area (Å²) >= 11 is 0. The summed E-state index contributed by atoms with van der Waals surface area (Å²) in [6.45, 7) is 2.30. The van der Waals surface area contributed by atoms with Gasteiger partial charge in [0.15, 0.2) is 11.5 Å². The quantitative estimate of drug-likeness (QED) is 0.902. The summed E-state index contributed by atoms with van der Waals surface area (Å²) in [6, 6.07) is 3.72. The Labute approximate surface area is 112 Å². The Morgan fingerprint density at radius 3 is 2.58 bits per heavy atom. The number of carbonyl (C=O) groups is 1. The third-order valence-electron chi connectivity index (χ3n) is 3.46. The fraction of sp³-hybridized carbons (Fsp3) is 0.500. The van der Waals surface area contributed by atoms with E-state index in [9.17, 15) is 4.79 Å². The molecule has 1 aromatic rings. The van der Waals surface area contributed by atoms with Crippen LogP contribution in [-0.2, 0) is 21.6 Å². The fourth-order valence-electron chi connectivity index (χ4n) is 2.52. The first-order valence-electron chi connectivity index (χ1n) is 6.11. The highest BCUT2D eigenvalue weighted by Crippen LogP contribution is 2.41. The number of aliphatic carboxylic acids is 1. The Kier molecular flexibility index (Phi) is 3.66. The third kappa shape index (κ3) is 2.51. The molecule has 1 N–H and O–H groups in total. The molecule has 0 radical (unpaired) electrons.